The van der Waals surface area contributed by atoms with Crippen LogP contribution in [0.1, 0.15) is 46.6 Å². The summed E-state index contributed by atoms with van der Waals surface area (Å²) in [6.07, 6.45) is 5.78. The molecule has 5 heteroatoms. The van der Waals surface area contributed by atoms with Gasteiger partial charge >= 0.3 is 0 Å². The molecule has 1 aliphatic rings. The molecule has 18 heavy (non-hydrogen) atoms. The lowest BCUT2D eigenvalue weighted by molar-refractivity contribution is 0.0760. The van der Waals surface area contributed by atoms with Gasteiger partial charge in [-0.05, 0) is 26.7 Å². The largest absolute Gasteiger partial charge is 0.381 e. The van der Waals surface area contributed by atoms with Gasteiger partial charge < -0.3 is 14.6 Å². The van der Waals surface area contributed by atoms with E-state index in [9.17, 15) is 0 Å². The van der Waals surface area contributed by atoms with Crippen molar-refractivity contribution in [1.82, 2.24) is 20.1 Å². The summed E-state index contributed by atoms with van der Waals surface area (Å²) in [4.78, 5) is 0. The number of ether oxygens (including phenoxy) is 1. The first-order valence-corrected chi connectivity index (χ1v) is 6.77. The van der Waals surface area contributed by atoms with Crippen LogP contribution in [0.2, 0.25) is 0 Å². The van der Waals surface area contributed by atoms with Crippen LogP contribution in [0.3, 0.4) is 0 Å². The van der Waals surface area contributed by atoms with E-state index in [0.717, 1.165) is 13.2 Å². The van der Waals surface area contributed by atoms with Crippen molar-refractivity contribution in [2.75, 3.05) is 13.2 Å². The average molecular weight is 254 g/mol. The summed E-state index contributed by atoms with van der Waals surface area (Å²) in [5, 5.41) is 10.8. The van der Waals surface area contributed by atoms with Crippen LogP contribution in [-0.2, 0) is 4.74 Å². The van der Waals surface area contributed by atoms with E-state index in [0.29, 0.717) is 18.1 Å². The van der Waals surface area contributed by atoms with Gasteiger partial charge in [-0.3, -0.25) is 0 Å². The van der Waals surface area contributed by atoms with Crippen LogP contribution in [0, 0.1) is 0 Å². The lowest BCUT2D eigenvalue weighted by Gasteiger charge is -2.24. The molecule has 0 saturated carbocycles. The normalized spacial score (nSPS) is 16.8. The summed E-state index contributed by atoms with van der Waals surface area (Å²) in [6.45, 7) is 10.4. The Kier molecular flexibility index (Phi) is 6.90. The van der Waals surface area contributed by atoms with E-state index in [1.165, 1.54) is 12.8 Å². The van der Waals surface area contributed by atoms with Gasteiger partial charge in [-0.15, -0.1) is 10.2 Å². The minimum absolute atomic E-state index is 0.477. The van der Waals surface area contributed by atoms with Crippen LogP contribution < -0.4 is 5.32 Å². The summed E-state index contributed by atoms with van der Waals surface area (Å²) in [6, 6.07) is 1.79. The number of hydrogen-bond acceptors (Lipinski definition) is 4. The Morgan fingerprint density at radius 2 is 1.67 bits per heavy atom. The average Bonchev–Trinajstić information content (AvgIpc) is 2.84. The van der Waals surface area contributed by atoms with Gasteiger partial charge in [-0.25, -0.2) is 0 Å². The topological polar surface area (TPSA) is 52.0 Å². The van der Waals surface area contributed by atoms with Crippen molar-refractivity contribution in [2.45, 2.75) is 58.7 Å². The molecular formula is C13H26N4O. The Hall–Kier alpha value is -0.940. The molecule has 1 aromatic heterocycles. The Labute approximate surface area is 110 Å². The first-order valence-electron chi connectivity index (χ1n) is 6.77. The van der Waals surface area contributed by atoms with Crippen molar-refractivity contribution >= 4 is 0 Å². The molecule has 0 spiro atoms. The first-order chi connectivity index (χ1) is 8.59. The third-order valence-electron chi connectivity index (χ3n) is 2.82. The molecule has 1 saturated heterocycles. The highest BCUT2D eigenvalue weighted by Crippen LogP contribution is 2.06. The third-order valence-corrected chi connectivity index (χ3v) is 2.82. The van der Waals surface area contributed by atoms with Gasteiger partial charge in [-0.1, -0.05) is 13.8 Å². The van der Waals surface area contributed by atoms with E-state index >= 15 is 0 Å². The molecule has 0 radical (unpaired) electrons. The van der Waals surface area contributed by atoms with Gasteiger partial charge in [0.15, 0.2) is 0 Å². The highest BCUT2D eigenvalue weighted by molar-refractivity contribution is 4.71. The van der Waals surface area contributed by atoms with Gasteiger partial charge in [-0.2, -0.15) is 0 Å². The smallest absolute Gasteiger partial charge is 0.119 e. The van der Waals surface area contributed by atoms with Crippen molar-refractivity contribution in [1.29, 1.82) is 0 Å². The van der Waals surface area contributed by atoms with Crippen LogP contribution in [0.5, 0.6) is 0 Å². The highest BCUT2D eigenvalue weighted by Gasteiger charge is 2.13. The summed E-state index contributed by atoms with van der Waals surface area (Å²) in [7, 11) is 0. The van der Waals surface area contributed by atoms with E-state index in [1.54, 1.807) is 12.7 Å². The fraction of sp³-hybridized carbons (Fsp3) is 0.846. The third kappa shape index (κ3) is 6.12. The molecule has 0 aromatic carbocycles. The maximum absolute atomic E-state index is 5.24. The second-order valence-corrected chi connectivity index (χ2v) is 5.21. The molecule has 1 aromatic rings. The number of aromatic nitrogens is 3. The molecule has 2 heterocycles. The summed E-state index contributed by atoms with van der Waals surface area (Å²) in [5.41, 5.74) is 0. The van der Waals surface area contributed by atoms with Crippen molar-refractivity contribution in [2.24, 2.45) is 0 Å². The molecule has 1 fully saturated rings. The molecule has 0 amide bonds. The van der Waals surface area contributed by atoms with Gasteiger partial charge in [0.2, 0.25) is 0 Å². The zero-order valence-electron chi connectivity index (χ0n) is 12.0. The van der Waals surface area contributed by atoms with Crippen LogP contribution in [-0.4, -0.2) is 40.1 Å². The Morgan fingerprint density at radius 1 is 1.11 bits per heavy atom. The first kappa shape index (κ1) is 15.1. The van der Waals surface area contributed by atoms with Crippen LogP contribution in [0.4, 0.5) is 0 Å². The van der Waals surface area contributed by atoms with Crippen LogP contribution in [0.15, 0.2) is 12.7 Å². The zero-order chi connectivity index (χ0) is 13.4. The standard InChI is InChI=1S/C8H17NO.C5H9N3/c1-7(2)9-8-3-5-10-6-4-8;1-5(2)8-3-6-7-4-8/h7-9H,3-6H2,1-2H3;3-5H,1-2H3. The molecule has 5 nitrogen and oxygen atoms in total. The van der Waals surface area contributed by atoms with Gasteiger partial charge in [0.25, 0.3) is 0 Å². The highest BCUT2D eigenvalue weighted by atomic mass is 16.5. The van der Waals surface area contributed by atoms with E-state index in [-0.39, 0.29) is 0 Å². The van der Waals surface area contributed by atoms with Gasteiger partial charge in [0.1, 0.15) is 12.7 Å². The molecule has 1 N–H and O–H groups in total. The fourth-order valence-corrected chi connectivity index (χ4v) is 1.81. The molecule has 0 unspecified atom stereocenters. The van der Waals surface area contributed by atoms with Crippen molar-refractivity contribution in [3.8, 4) is 0 Å². The van der Waals surface area contributed by atoms with Crippen molar-refractivity contribution in [3.05, 3.63) is 12.7 Å². The van der Waals surface area contributed by atoms with E-state index in [1.807, 2.05) is 4.57 Å². The molecule has 104 valence electrons. The minimum Gasteiger partial charge on any atom is -0.381 e. The predicted molar refractivity (Wildman–Crippen MR) is 72.5 cm³/mol. The van der Waals surface area contributed by atoms with Crippen LogP contribution >= 0.6 is 0 Å². The number of rotatable bonds is 3. The van der Waals surface area contributed by atoms with E-state index < -0.39 is 0 Å². The lowest BCUT2D eigenvalue weighted by atomic mass is 10.1. The maximum Gasteiger partial charge on any atom is 0.119 e. The summed E-state index contributed by atoms with van der Waals surface area (Å²) < 4.78 is 7.19. The second kappa shape index (κ2) is 8.21. The van der Waals surface area contributed by atoms with Gasteiger partial charge in [0, 0.05) is 31.3 Å². The molecular weight excluding hydrogens is 228 g/mol. The minimum atomic E-state index is 0.477. The Morgan fingerprint density at radius 3 is 2.06 bits per heavy atom. The summed E-state index contributed by atoms with van der Waals surface area (Å²) in [5.74, 6) is 0. The summed E-state index contributed by atoms with van der Waals surface area (Å²) >= 11 is 0. The monoisotopic (exact) mass is 254 g/mol. The SMILES string of the molecule is CC(C)NC1CCOCC1.CC(C)n1cnnc1. The lowest BCUT2D eigenvalue weighted by Crippen LogP contribution is -2.38. The van der Waals surface area contributed by atoms with E-state index in [2.05, 4.69) is 43.2 Å². The molecule has 0 bridgehead atoms. The Bertz CT molecular complexity index is 292. The van der Waals surface area contributed by atoms with Crippen molar-refractivity contribution in [3.63, 3.8) is 0 Å². The molecule has 2 rings (SSSR count). The zero-order valence-corrected chi connectivity index (χ0v) is 12.0. The predicted octanol–water partition coefficient (Wildman–Crippen LogP) is 2.02. The number of hydrogen-bond donors (Lipinski definition) is 1. The number of nitrogens with zero attached hydrogens (tertiary/aromatic N) is 3. The fourth-order valence-electron chi connectivity index (χ4n) is 1.81. The Balaban J connectivity index is 0.000000184. The molecule has 0 aliphatic carbocycles. The maximum atomic E-state index is 5.24. The quantitative estimate of drug-likeness (QED) is 0.896. The van der Waals surface area contributed by atoms with E-state index in [4.69, 9.17) is 4.74 Å². The van der Waals surface area contributed by atoms with Crippen molar-refractivity contribution < 1.29 is 4.74 Å². The number of nitrogens with one attached hydrogen (secondary N) is 1. The molecule has 0 atom stereocenters. The molecule has 1 aliphatic heterocycles. The second-order valence-electron chi connectivity index (χ2n) is 5.21. The van der Waals surface area contributed by atoms with Gasteiger partial charge in [0.05, 0.1) is 0 Å². The van der Waals surface area contributed by atoms with Crippen LogP contribution in [0.25, 0.3) is 0 Å².